The van der Waals surface area contributed by atoms with Crippen molar-refractivity contribution in [3.05, 3.63) is 60.2 Å². The zero-order valence-corrected chi connectivity index (χ0v) is 32.2. The quantitative estimate of drug-likeness (QED) is 0.0684. The van der Waals surface area contributed by atoms with E-state index >= 15 is 13.2 Å². The van der Waals surface area contributed by atoms with Crippen LogP contribution >= 0.6 is 0 Å². The fourth-order valence-corrected chi connectivity index (χ4v) is 8.67. The second kappa shape index (κ2) is 20.8. The third-order valence-electron chi connectivity index (χ3n) is 9.85. The summed E-state index contributed by atoms with van der Waals surface area (Å²) in [7, 11) is -1.35. The molecule has 2 aromatic carbocycles. The highest BCUT2D eigenvalue weighted by molar-refractivity contribution is 6.39. The van der Waals surface area contributed by atoms with Crippen molar-refractivity contribution in [3.8, 4) is 34.0 Å². The van der Waals surface area contributed by atoms with E-state index in [-0.39, 0.29) is 22.7 Å². The molecule has 0 N–H and O–H groups in total. The molecule has 0 fully saturated rings. The molecule has 5 nitrogen and oxygen atoms in total. The Morgan fingerprint density at radius 1 is 0.760 bits per heavy atom. The predicted molar refractivity (Wildman–Crippen MR) is 201 cm³/mol. The molecule has 0 radical (unpaired) electrons. The second-order valence-corrected chi connectivity index (χ2v) is 16.9. The van der Waals surface area contributed by atoms with Crippen molar-refractivity contribution in [3.63, 3.8) is 0 Å². The normalized spacial score (nSPS) is 16.4. The fourth-order valence-electron chi connectivity index (χ4n) is 6.64. The third kappa shape index (κ3) is 11.8. The minimum atomic E-state index is -3.38. The molecular weight excluding hydrogens is 654 g/mol. The molecule has 3 unspecified atom stereocenters. The van der Waals surface area contributed by atoms with Crippen molar-refractivity contribution in [1.29, 1.82) is 0 Å². The summed E-state index contributed by atoms with van der Waals surface area (Å²) in [4.78, 5) is 8.71. The lowest BCUT2D eigenvalue weighted by molar-refractivity contribution is -0.0451. The summed E-state index contributed by atoms with van der Waals surface area (Å²) >= 11 is 0. The van der Waals surface area contributed by atoms with Gasteiger partial charge in [0.25, 0.3) is 0 Å². The van der Waals surface area contributed by atoms with Crippen LogP contribution in [0.5, 0.6) is 11.5 Å². The molecule has 0 spiro atoms. The van der Waals surface area contributed by atoms with Gasteiger partial charge in [-0.3, -0.25) is 0 Å². The minimum absolute atomic E-state index is 0.0480. The summed E-state index contributed by atoms with van der Waals surface area (Å²) in [6.07, 6.45) is 19.3. The van der Waals surface area contributed by atoms with Gasteiger partial charge in [0.05, 0.1) is 21.7 Å². The summed E-state index contributed by atoms with van der Waals surface area (Å²) in [6.45, 7) is 11.0. The molecular formula is C41H59F3N2O3Si. The Kier molecular flexibility index (Phi) is 16.6. The molecule has 0 saturated heterocycles. The smallest absolute Gasteiger partial charge is 0.311 e. The summed E-state index contributed by atoms with van der Waals surface area (Å²) in [5.41, 5.74) is -0.157. The van der Waals surface area contributed by atoms with Crippen LogP contribution in [-0.4, -0.2) is 45.0 Å². The van der Waals surface area contributed by atoms with Crippen LogP contribution in [0.15, 0.2) is 48.8 Å². The lowest BCUT2D eigenvalue weighted by Crippen LogP contribution is -2.37. The van der Waals surface area contributed by atoms with Gasteiger partial charge in [0.15, 0.2) is 5.82 Å². The van der Waals surface area contributed by atoms with Crippen molar-refractivity contribution in [2.75, 3.05) is 19.8 Å². The van der Waals surface area contributed by atoms with Crippen LogP contribution in [-0.2, 0) is 10.7 Å². The van der Waals surface area contributed by atoms with Crippen LogP contribution in [0.1, 0.15) is 123 Å². The number of halogens is 3. The van der Waals surface area contributed by atoms with E-state index in [9.17, 15) is 0 Å². The van der Waals surface area contributed by atoms with E-state index in [4.69, 9.17) is 14.2 Å². The maximum absolute atomic E-state index is 15.8. The number of unbranched alkanes of at least 4 members (excludes halogenated alkanes) is 7. The Bertz CT molecular complexity index is 1410. The van der Waals surface area contributed by atoms with E-state index in [1.165, 1.54) is 57.1 Å². The van der Waals surface area contributed by atoms with Crippen molar-refractivity contribution in [2.24, 2.45) is 5.92 Å². The molecule has 9 heteroatoms. The molecule has 2 heterocycles. The first-order chi connectivity index (χ1) is 24.2. The van der Waals surface area contributed by atoms with Gasteiger partial charge in [-0.1, -0.05) is 116 Å². The highest BCUT2D eigenvalue weighted by Crippen LogP contribution is 2.49. The molecule has 276 valence electrons. The second-order valence-electron chi connectivity index (χ2n) is 14.3. The van der Waals surface area contributed by atoms with Crippen LogP contribution in [0, 0.1) is 11.7 Å². The Labute approximate surface area is 301 Å². The SMILES string of the molecule is CCCCCC(C)CCCCCCC(C)[SiH2]C1Oc2ccc(-c3ncc(-c4ccc(OCCCCOCCCC)cc4)cn3)c(F)c2C1(F)F. The van der Waals surface area contributed by atoms with E-state index in [1.807, 2.05) is 24.3 Å². The zero-order valence-electron chi connectivity index (χ0n) is 30.8. The monoisotopic (exact) mass is 712 g/mol. The number of alkyl halides is 2. The van der Waals surface area contributed by atoms with Gasteiger partial charge in [0.1, 0.15) is 28.6 Å². The molecule has 50 heavy (non-hydrogen) atoms. The molecule has 4 rings (SSSR count). The molecule has 3 atom stereocenters. The first kappa shape index (κ1) is 39.9. The van der Waals surface area contributed by atoms with Gasteiger partial charge in [-0.25, -0.2) is 14.4 Å². The van der Waals surface area contributed by atoms with Crippen LogP contribution in [0.3, 0.4) is 0 Å². The Morgan fingerprint density at radius 2 is 1.40 bits per heavy atom. The van der Waals surface area contributed by atoms with Crippen molar-refractivity contribution in [1.82, 2.24) is 9.97 Å². The maximum atomic E-state index is 15.8. The van der Waals surface area contributed by atoms with Crippen LogP contribution in [0.25, 0.3) is 22.5 Å². The third-order valence-corrected chi connectivity index (χ3v) is 12.2. The van der Waals surface area contributed by atoms with E-state index in [0.717, 1.165) is 81.0 Å². The molecule has 0 saturated carbocycles. The number of hydrogen-bond acceptors (Lipinski definition) is 5. The van der Waals surface area contributed by atoms with Gasteiger partial charge in [-0.05, 0) is 55.0 Å². The van der Waals surface area contributed by atoms with Crippen LogP contribution in [0.4, 0.5) is 13.2 Å². The topological polar surface area (TPSA) is 53.5 Å². The van der Waals surface area contributed by atoms with E-state index in [2.05, 4.69) is 37.7 Å². The molecule has 0 bridgehead atoms. The number of rotatable bonds is 24. The molecule has 3 aromatic rings. The fraction of sp³-hybridized carbons (Fsp3) is 0.610. The molecule has 1 aliphatic heterocycles. The number of aromatic nitrogens is 2. The molecule has 0 aliphatic carbocycles. The first-order valence-corrected chi connectivity index (χ1v) is 20.9. The Hall–Kier alpha value is -2.91. The predicted octanol–water partition coefficient (Wildman–Crippen LogP) is 11.3. The van der Waals surface area contributed by atoms with E-state index < -0.39 is 32.6 Å². The number of ether oxygens (including phenoxy) is 3. The summed E-state index contributed by atoms with van der Waals surface area (Å²) in [6, 6.07) is 10.5. The van der Waals surface area contributed by atoms with Gasteiger partial charge < -0.3 is 14.2 Å². The van der Waals surface area contributed by atoms with Gasteiger partial charge in [-0.15, -0.1) is 0 Å². The molecule has 0 amide bonds. The highest BCUT2D eigenvalue weighted by Gasteiger charge is 2.53. The van der Waals surface area contributed by atoms with Crippen LogP contribution in [0.2, 0.25) is 5.54 Å². The van der Waals surface area contributed by atoms with Gasteiger partial charge in [-0.2, -0.15) is 8.78 Å². The van der Waals surface area contributed by atoms with Gasteiger partial charge >= 0.3 is 5.92 Å². The van der Waals surface area contributed by atoms with Gasteiger partial charge in [0, 0.05) is 31.2 Å². The first-order valence-electron chi connectivity index (χ1n) is 19.2. The number of hydrogen-bond donors (Lipinski definition) is 0. The number of benzene rings is 2. The lowest BCUT2D eigenvalue weighted by Gasteiger charge is -2.21. The standard InChI is InChI=1S/C41H59F3N2O3Si/c1-5-7-11-16-30(3)17-12-9-10-13-18-31(4)50-40-41(43,44)37-36(49-40)24-23-35(38(37)42)39-45-28-33(29-46-39)32-19-21-34(22-20-32)48-27-15-14-26-47-25-8-6-2/h19-24,28-31,40H,5-18,25-27,50H2,1-4H3. The summed E-state index contributed by atoms with van der Waals surface area (Å²) < 4.78 is 64.3. The number of nitrogens with zero attached hydrogens (tertiary/aromatic N) is 2. The largest absolute Gasteiger partial charge is 0.494 e. The lowest BCUT2D eigenvalue weighted by atomic mass is 9.96. The minimum Gasteiger partial charge on any atom is -0.494 e. The highest BCUT2D eigenvalue weighted by atomic mass is 28.2. The molecule has 1 aliphatic rings. The maximum Gasteiger partial charge on any atom is 0.311 e. The number of fused-ring (bicyclic) bond motifs is 1. The van der Waals surface area contributed by atoms with Crippen molar-refractivity contribution >= 4 is 9.52 Å². The van der Waals surface area contributed by atoms with E-state index in [0.29, 0.717) is 6.61 Å². The van der Waals surface area contributed by atoms with Gasteiger partial charge in [0.2, 0.25) is 0 Å². The zero-order chi connectivity index (χ0) is 35.8. The average molecular weight is 713 g/mol. The summed E-state index contributed by atoms with van der Waals surface area (Å²) in [5, 5.41) is 0. The summed E-state index contributed by atoms with van der Waals surface area (Å²) in [5.74, 6) is -2.82. The Morgan fingerprint density at radius 3 is 2.10 bits per heavy atom. The van der Waals surface area contributed by atoms with Crippen LogP contribution < -0.4 is 9.47 Å². The van der Waals surface area contributed by atoms with E-state index in [1.54, 1.807) is 12.4 Å². The van der Waals surface area contributed by atoms with Crippen molar-refractivity contribution < 1.29 is 27.4 Å². The van der Waals surface area contributed by atoms with Crippen molar-refractivity contribution in [2.45, 2.75) is 135 Å². The average Bonchev–Trinajstić information content (AvgIpc) is 3.37. The molecule has 1 aromatic heterocycles. The Balaban J connectivity index is 1.25.